The summed E-state index contributed by atoms with van der Waals surface area (Å²) in [6, 6.07) is 28.8. The Kier molecular flexibility index (Phi) is 11.0. The summed E-state index contributed by atoms with van der Waals surface area (Å²) in [5, 5.41) is 13.5. The lowest BCUT2D eigenvalue weighted by atomic mass is 10.1. The van der Waals surface area contributed by atoms with Gasteiger partial charge in [0.05, 0.1) is 17.1 Å². The van der Waals surface area contributed by atoms with Gasteiger partial charge < -0.3 is 20.9 Å². The van der Waals surface area contributed by atoms with E-state index in [1.807, 2.05) is 30.3 Å². The van der Waals surface area contributed by atoms with Crippen molar-refractivity contribution in [3.63, 3.8) is 0 Å². The zero-order chi connectivity index (χ0) is 34.1. The van der Waals surface area contributed by atoms with E-state index in [0.717, 1.165) is 11.8 Å². The van der Waals surface area contributed by atoms with Crippen LogP contribution < -0.4 is 16.5 Å². The fourth-order valence-corrected chi connectivity index (χ4v) is 5.47. The number of ether oxygens (including phenoxy) is 1. The number of anilines is 2. The van der Waals surface area contributed by atoms with Gasteiger partial charge in [0.2, 0.25) is 6.10 Å². The lowest BCUT2D eigenvalue weighted by Gasteiger charge is -2.25. The highest BCUT2D eigenvalue weighted by Crippen LogP contribution is 2.28. The number of benzene rings is 4. The molecule has 4 aromatic rings. The number of aliphatic carboxylic acids is 1. The first kappa shape index (κ1) is 34.2. The highest BCUT2D eigenvalue weighted by molar-refractivity contribution is 7.90. The lowest BCUT2D eigenvalue weighted by molar-refractivity contribution is -0.148. The van der Waals surface area contributed by atoms with E-state index in [-0.39, 0.29) is 17.3 Å². The van der Waals surface area contributed by atoms with E-state index in [1.54, 1.807) is 86.6 Å². The minimum Gasteiger partial charge on any atom is -0.478 e. The van der Waals surface area contributed by atoms with Crippen LogP contribution in [0.5, 0.6) is 0 Å². The Hall–Kier alpha value is -5.69. The van der Waals surface area contributed by atoms with Gasteiger partial charge in [0.15, 0.2) is 9.84 Å². The zero-order valence-electron chi connectivity index (χ0n) is 26.0. The van der Waals surface area contributed by atoms with Crippen LogP contribution in [-0.2, 0) is 25.9 Å². The molecule has 3 amide bonds. The van der Waals surface area contributed by atoms with E-state index in [0.29, 0.717) is 28.1 Å². The summed E-state index contributed by atoms with van der Waals surface area (Å²) in [6.45, 7) is 3.36. The monoisotopic (exact) mass is 657 g/mol. The van der Waals surface area contributed by atoms with Gasteiger partial charge in [0, 0.05) is 29.0 Å². The van der Waals surface area contributed by atoms with Crippen molar-refractivity contribution >= 4 is 45.1 Å². The highest BCUT2D eigenvalue weighted by Gasteiger charge is 2.26. The summed E-state index contributed by atoms with van der Waals surface area (Å²) in [6.07, 6.45) is -1.36. The van der Waals surface area contributed by atoms with Crippen molar-refractivity contribution in [2.75, 3.05) is 17.0 Å². The third kappa shape index (κ3) is 9.41. The molecular formula is C34H35N5O7S. The molecule has 0 saturated carbocycles. The van der Waals surface area contributed by atoms with Crippen LogP contribution in [0.2, 0.25) is 0 Å². The quantitative estimate of drug-likeness (QED) is 0.0885. The van der Waals surface area contributed by atoms with Crippen molar-refractivity contribution < 1.29 is 32.6 Å². The minimum absolute atomic E-state index is 0.165. The number of urea groups is 1. The number of carboxylic acid groups (broad SMARTS) is 1. The van der Waals surface area contributed by atoms with Gasteiger partial charge in [0.25, 0.3) is 0 Å². The maximum atomic E-state index is 13.6. The molecule has 1 unspecified atom stereocenters. The number of rotatable bonds is 11. The molecule has 1 atom stereocenters. The molecule has 13 heteroatoms. The third-order valence-electron chi connectivity index (χ3n) is 6.87. The molecule has 0 aliphatic carbocycles. The SMILES string of the molecule is CC(C)C(OC(=O)N=C(N)c1cccc(NN(Cc2ccccc2)C(=O)Nc2ccc(-c3ccccc3S(C)(=O)=O)cc2)c1)C(=O)O. The number of hydrogen-bond donors (Lipinski definition) is 4. The van der Waals surface area contributed by atoms with Crippen LogP contribution in [0.15, 0.2) is 113 Å². The van der Waals surface area contributed by atoms with Crippen LogP contribution in [0.25, 0.3) is 11.1 Å². The number of carboxylic acids is 1. The number of sulfone groups is 1. The van der Waals surface area contributed by atoms with E-state index < -0.39 is 40.0 Å². The lowest BCUT2D eigenvalue weighted by Crippen LogP contribution is -2.39. The summed E-state index contributed by atoms with van der Waals surface area (Å²) < 4.78 is 29.5. The number of aliphatic imine (C=N–C) groups is 1. The molecule has 4 rings (SSSR count). The van der Waals surface area contributed by atoms with Crippen molar-refractivity contribution in [3.05, 3.63) is 114 Å². The Labute approximate surface area is 272 Å². The van der Waals surface area contributed by atoms with E-state index in [2.05, 4.69) is 15.7 Å². The number of hydrazine groups is 1. The molecule has 4 aromatic carbocycles. The van der Waals surface area contributed by atoms with Crippen molar-refractivity contribution in [3.8, 4) is 11.1 Å². The predicted octanol–water partition coefficient (Wildman–Crippen LogP) is 5.77. The maximum Gasteiger partial charge on any atom is 0.436 e. The molecule has 47 heavy (non-hydrogen) atoms. The molecule has 12 nitrogen and oxygen atoms in total. The molecule has 0 heterocycles. The summed E-state index contributed by atoms with van der Waals surface area (Å²) in [5.41, 5.74) is 12.4. The van der Waals surface area contributed by atoms with Crippen molar-refractivity contribution in [2.45, 2.75) is 31.4 Å². The first-order valence-corrected chi connectivity index (χ1v) is 16.4. The maximum absolute atomic E-state index is 13.6. The van der Waals surface area contributed by atoms with E-state index in [9.17, 15) is 27.9 Å². The zero-order valence-corrected chi connectivity index (χ0v) is 26.8. The summed E-state index contributed by atoms with van der Waals surface area (Å²) in [4.78, 5) is 41.1. The standard InChI is InChI=1S/C34H35N5O7S/c1-22(2)30(32(40)41)46-34(43)37-31(35)25-12-9-13-27(20-25)38-39(21-23-10-5-4-6-11-23)33(42)36-26-18-16-24(17-19-26)28-14-7-8-15-29(28)47(3,44)45/h4-20,22,30,38H,21H2,1-3H3,(H,36,42)(H,40,41)(H2,35,37,43). The molecule has 0 bridgehead atoms. The molecular weight excluding hydrogens is 622 g/mol. The molecule has 5 N–H and O–H groups in total. The third-order valence-corrected chi connectivity index (χ3v) is 8.03. The number of nitrogens with zero attached hydrogens (tertiary/aromatic N) is 2. The van der Waals surface area contributed by atoms with Gasteiger partial charge in [-0.3, -0.25) is 5.43 Å². The second-order valence-corrected chi connectivity index (χ2v) is 12.9. The number of amidine groups is 1. The fraction of sp³-hybridized carbons (Fsp3) is 0.176. The largest absolute Gasteiger partial charge is 0.478 e. The van der Waals surface area contributed by atoms with Gasteiger partial charge >= 0.3 is 18.1 Å². The summed E-state index contributed by atoms with van der Waals surface area (Å²) >= 11 is 0. The Morgan fingerprint density at radius 1 is 0.894 bits per heavy atom. The topological polar surface area (TPSA) is 180 Å². The fourth-order valence-electron chi connectivity index (χ4n) is 4.55. The van der Waals surface area contributed by atoms with Crippen LogP contribution in [0.1, 0.15) is 25.0 Å². The number of amides is 3. The Morgan fingerprint density at radius 3 is 2.19 bits per heavy atom. The molecule has 0 saturated heterocycles. The number of carbonyl (C=O) groups is 3. The molecule has 244 valence electrons. The van der Waals surface area contributed by atoms with Crippen LogP contribution in [0.4, 0.5) is 21.0 Å². The number of nitrogens with one attached hydrogen (secondary N) is 2. The van der Waals surface area contributed by atoms with Crippen molar-refractivity contribution in [1.29, 1.82) is 0 Å². The molecule has 0 radical (unpaired) electrons. The first-order chi connectivity index (χ1) is 22.3. The van der Waals surface area contributed by atoms with Crippen LogP contribution in [0, 0.1) is 5.92 Å². The second kappa shape index (κ2) is 15.1. The number of hydrogen-bond acceptors (Lipinski definition) is 7. The van der Waals surface area contributed by atoms with E-state index >= 15 is 0 Å². The van der Waals surface area contributed by atoms with Gasteiger partial charge in [-0.05, 0) is 41.5 Å². The predicted molar refractivity (Wildman–Crippen MR) is 180 cm³/mol. The van der Waals surface area contributed by atoms with Gasteiger partial charge in [-0.25, -0.2) is 27.8 Å². The smallest absolute Gasteiger partial charge is 0.436 e. The summed E-state index contributed by atoms with van der Waals surface area (Å²) in [7, 11) is -3.45. The molecule has 0 aliphatic heterocycles. The Balaban J connectivity index is 1.54. The molecule has 0 spiro atoms. The molecule has 0 aliphatic rings. The van der Waals surface area contributed by atoms with Crippen molar-refractivity contribution in [2.24, 2.45) is 16.6 Å². The van der Waals surface area contributed by atoms with Gasteiger partial charge in [-0.15, -0.1) is 0 Å². The van der Waals surface area contributed by atoms with Crippen LogP contribution in [-0.4, -0.2) is 54.8 Å². The number of nitrogens with two attached hydrogens (primary N) is 1. The average molecular weight is 658 g/mol. The first-order valence-electron chi connectivity index (χ1n) is 14.5. The molecule has 0 fully saturated rings. The minimum atomic E-state index is -3.45. The van der Waals surface area contributed by atoms with Gasteiger partial charge in [-0.1, -0.05) is 86.6 Å². The molecule has 0 aromatic heterocycles. The second-order valence-electron chi connectivity index (χ2n) is 10.9. The summed E-state index contributed by atoms with van der Waals surface area (Å²) in [5.74, 6) is -1.97. The van der Waals surface area contributed by atoms with Gasteiger partial charge in [-0.2, -0.15) is 4.99 Å². The normalized spacial score (nSPS) is 12.2. The van der Waals surface area contributed by atoms with E-state index in [4.69, 9.17) is 10.5 Å². The van der Waals surface area contributed by atoms with E-state index in [1.165, 1.54) is 5.01 Å². The van der Waals surface area contributed by atoms with Gasteiger partial charge in [0.1, 0.15) is 5.84 Å². The average Bonchev–Trinajstić information content (AvgIpc) is 3.03. The van der Waals surface area contributed by atoms with Crippen molar-refractivity contribution in [1.82, 2.24) is 5.01 Å². The van der Waals surface area contributed by atoms with Crippen LogP contribution >= 0.6 is 0 Å². The number of carbonyl (C=O) groups excluding carboxylic acids is 2. The Morgan fingerprint density at radius 2 is 1.55 bits per heavy atom. The highest BCUT2D eigenvalue weighted by atomic mass is 32.2. The van der Waals surface area contributed by atoms with Crippen LogP contribution in [0.3, 0.4) is 0 Å². The Bertz CT molecular complexity index is 1880.